The number of thioether (sulfide) groups is 1. The lowest BCUT2D eigenvalue weighted by atomic mass is 9.79. The fourth-order valence-electron chi connectivity index (χ4n) is 2.89. The highest BCUT2D eigenvalue weighted by molar-refractivity contribution is 7.98. The molecule has 2 rings (SSSR count). The van der Waals surface area contributed by atoms with Crippen LogP contribution in [0, 0.1) is 0 Å². The van der Waals surface area contributed by atoms with Crippen molar-refractivity contribution in [2.75, 3.05) is 19.9 Å². The smallest absolute Gasteiger partial charge is 0.150 e. The van der Waals surface area contributed by atoms with Gasteiger partial charge in [-0.3, -0.25) is 0 Å². The van der Waals surface area contributed by atoms with E-state index in [4.69, 9.17) is 22.1 Å². The average Bonchev–Trinajstić information content (AvgIpc) is 2.87. The van der Waals surface area contributed by atoms with Crippen LogP contribution >= 0.6 is 23.4 Å². The molecule has 0 radical (unpaired) electrons. The van der Waals surface area contributed by atoms with Gasteiger partial charge in [0.25, 0.3) is 0 Å². The molecule has 1 fully saturated rings. The van der Waals surface area contributed by atoms with E-state index in [0.29, 0.717) is 11.6 Å². The summed E-state index contributed by atoms with van der Waals surface area (Å²) in [6.45, 7) is 0.698. The highest BCUT2D eigenvalue weighted by atomic mass is 35.5. The first-order chi connectivity index (χ1) is 8.66. The van der Waals surface area contributed by atoms with Crippen LogP contribution in [-0.4, -0.2) is 19.9 Å². The molecule has 0 bridgehead atoms. The van der Waals surface area contributed by atoms with E-state index in [9.17, 15) is 0 Å². The minimum absolute atomic E-state index is 0.125. The van der Waals surface area contributed by atoms with Crippen molar-refractivity contribution in [3.8, 4) is 5.75 Å². The van der Waals surface area contributed by atoms with E-state index < -0.39 is 0 Å². The van der Waals surface area contributed by atoms with Gasteiger partial charge in [0.2, 0.25) is 0 Å². The Labute approximate surface area is 118 Å². The first kappa shape index (κ1) is 14.0. The third-order valence-electron chi connectivity index (χ3n) is 4.00. The zero-order chi connectivity index (χ0) is 13.2. The van der Waals surface area contributed by atoms with Gasteiger partial charge >= 0.3 is 0 Å². The first-order valence-electron chi connectivity index (χ1n) is 6.29. The van der Waals surface area contributed by atoms with Crippen LogP contribution in [0.4, 0.5) is 0 Å². The molecule has 100 valence electrons. The number of hydrogen-bond acceptors (Lipinski definition) is 3. The molecule has 4 heteroatoms. The summed E-state index contributed by atoms with van der Waals surface area (Å²) in [5.74, 6) is 0.776. The summed E-state index contributed by atoms with van der Waals surface area (Å²) in [5.41, 5.74) is 7.43. The maximum atomic E-state index is 6.33. The molecule has 0 spiro atoms. The van der Waals surface area contributed by atoms with Gasteiger partial charge in [0.05, 0.1) is 17.0 Å². The minimum Gasteiger partial charge on any atom is -0.494 e. The van der Waals surface area contributed by atoms with Crippen LogP contribution < -0.4 is 10.5 Å². The van der Waals surface area contributed by atoms with Gasteiger partial charge in [-0.2, -0.15) is 0 Å². The largest absolute Gasteiger partial charge is 0.494 e. The molecule has 2 N–H and O–H groups in total. The predicted molar refractivity (Wildman–Crippen MR) is 79.0 cm³/mol. The zero-order valence-electron chi connectivity index (χ0n) is 11.0. The van der Waals surface area contributed by atoms with Crippen LogP contribution in [0.1, 0.15) is 31.2 Å². The van der Waals surface area contributed by atoms with E-state index in [1.165, 1.54) is 31.2 Å². The minimum atomic E-state index is 0.125. The third kappa shape index (κ3) is 2.36. The van der Waals surface area contributed by atoms with Gasteiger partial charge in [-0.1, -0.05) is 24.4 Å². The molecular weight excluding hydrogens is 266 g/mol. The van der Waals surface area contributed by atoms with Crippen molar-refractivity contribution in [1.29, 1.82) is 0 Å². The summed E-state index contributed by atoms with van der Waals surface area (Å²) in [6.07, 6.45) is 6.90. The maximum Gasteiger partial charge on any atom is 0.150 e. The summed E-state index contributed by atoms with van der Waals surface area (Å²) in [7, 11) is 1.66. The Kier molecular flexibility index (Phi) is 4.46. The van der Waals surface area contributed by atoms with Gasteiger partial charge in [-0.15, -0.1) is 11.8 Å². The Hall–Kier alpha value is -0.380. The van der Waals surface area contributed by atoms with Crippen LogP contribution in [0.15, 0.2) is 17.0 Å². The van der Waals surface area contributed by atoms with E-state index in [2.05, 4.69) is 6.07 Å². The topological polar surface area (TPSA) is 35.2 Å². The fourth-order valence-corrected chi connectivity index (χ4v) is 3.86. The highest BCUT2D eigenvalue weighted by Crippen LogP contribution is 2.45. The molecule has 1 aliphatic rings. The molecule has 2 nitrogen and oxygen atoms in total. The molecular formula is C14H20ClNOS. The molecule has 0 aliphatic heterocycles. The molecule has 1 aromatic carbocycles. The number of nitrogens with two attached hydrogens (primary N) is 1. The van der Waals surface area contributed by atoms with E-state index >= 15 is 0 Å². The van der Waals surface area contributed by atoms with Gasteiger partial charge < -0.3 is 10.5 Å². The number of benzene rings is 1. The second kappa shape index (κ2) is 5.72. The molecule has 1 saturated carbocycles. The van der Waals surface area contributed by atoms with Gasteiger partial charge in [0.15, 0.2) is 5.75 Å². The van der Waals surface area contributed by atoms with Crippen molar-refractivity contribution in [1.82, 2.24) is 0 Å². The van der Waals surface area contributed by atoms with Crippen LogP contribution in [0.25, 0.3) is 0 Å². The van der Waals surface area contributed by atoms with Crippen molar-refractivity contribution in [2.24, 2.45) is 5.73 Å². The van der Waals surface area contributed by atoms with Crippen LogP contribution in [-0.2, 0) is 5.41 Å². The quantitative estimate of drug-likeness (QED) is 0.854. The summed E-state index contributed by atoms with van der Waals surface area (Å²) >= 11 is 8.00. The van der Waals surface area contributed by atoms with Crippen molar-refractivity contribution in [3.63, 3.8) is 0 Å². The molecule has 0 saturated heterocycles. The van der Waals surface area contributed by atoms with E-state index in [-0.39, 0.29) is 5.41 Å². The second-order valence-electron chi connectivity index (χ2n) is 4.89. The Morgan fingerprint density at radius 3 is 2.56 bits per heavy atom. The summed E-state index contributed by atoms with van der Waals surface area (Å²) < 4.78 is 5.37. The standard InChI is InChI=1S/C14H20ClNOS/c1-17-13-11(15)7-10(8-12(13)18-2)14(9-16)5-3-4-6-14/h7-8H,3-6,9,16H2,1-2H3. The van der Waals surface area contributed by atoms with Gasteiger partial charge in [0, 0.05) is 12.0 Å². The fraction of sp³-hybridized carbons (Fsp3) is 0.571. The number of methoxy groups -OCH3 is 1. The average molecular weight is 286 g/mol. The normalized spacial score (nSPS) is 18.0. The molecule has 0 unspecified atom stereocenters. The van der Waals surface area contributed by atoms with Crippen molar-refractivity contribution in [2.45, 2.75) is 36.0 Å². The van der Waals surface area contributed by atoms with Gasteiger partial charge in [-0.25, -0.2) is 0 Å². The molecule has 1 aliphatic carbocycles. The molecule has 0 amide bonds. The molecule has 0 aromatic heterocycles. The summed E-state index contributed by atoms with van der Waals surface area (Å²) in [6, 6.07) is 4.24. The van der Waals surface area contributed by atoms with E-state index in [1.54, 1.807) is 18.9 Å². The molecule has 0 atom stereocenters. The number of ether oxygens (including phenoxy) is 1. The van der Waals surface area contributed by atoms with Crippen molar-refractivity contribution >= 4 is 23.4 Å². The number of halogens is 1. The Morgan fingerprint density at radius 1 is 1.39 bits per heavy atom. The predicted octanol–water partition coefficient (Wildman–Crippen LogP) is 3.84. The van der Waals surface area contributed by atoms with Crippen molar-refractivity contribution < 1.29 is 4.74 Å². The van der Waals surface area contributed by atoms with Gasteiger partial charge in [-0.05, 0) is 36.8 Å². The van der Waals surface area contributed by atoms with E-state index in [1.807, 2.05) is 12.3 Å². The third-order valence-corrected chi connectivity index (χ3v) is 5.02. The summed E-state index contributed by atoms with van der Waals surface area (Å²) in [4.78, 5) is 1.10. The molecule has 1 aromatic rings. The molecule has 18 heavy (non-hydrogen) atoms. The lowest BCUT2D eigenvalue weighted by Gasteiger charge is -2.29. The Morgan fingerprint density at radius 2 is 2.06 bits per heavy atom. The molecule has 0 heterocycles. The number of rotatable bonds is 4. The monoisotopic (exact) mass is 285 g/mol. The van der Waals surface area contributed by atoms with Crippen LogP contribution in [0.2, 0.25) is 5.02 Å². The Bertz CT molecular complexity index is 430. The number of hydrogen-bond donors (Lipinski definition) is 1. The van der Waals surface area contributed by atoms with Gasteiger partial charge in [0.1, 0.15) is 0 Å². The Balaban J connectivity index is 2.48. The highest BCUT2D eigenvalue weighted by Gasteiger charge is 2.35. The zero-order valence-corrected chi connectivity index (χ0v) is 12.5. The lowest BCUT2D eigenvalue weighted by molar-refractivity contribution is 0.402. The maximum absolute atomic E-state index is 6.33. The second-order valence-corrected chi connectivity index (χ2v) is 6.14. The SMILES string of the molecule is COc1c(Cl)cc(C2(CN)CCCC2)cc1SC. The first-order valence-corrected chi connectivity index (χ1v) is 7.89. The van der Waals surface area contributed by atoms with Crippen molar-refractivity contribution in [3.05, 3.63) is 22.7 Å². The van der Waals surface area contributed by atoms with Crippen LogP contribution in [0.3, 0.4) is 0 Å². The summed E-state index contributed by atoms with van der Waals surface area (Å²) in [5, 5.41) is 0.694. The van der Waals surface area contributed by atoms with E-state index in [0.717, 1.165) is 10.6 Å². The van der Waals surface area contributed by atoms with Crippen LogP contribution in [0.5, 0.6) is 5.75 Å². The lowest BCUT2D eigenvalue weighted by Crippen LogP contribution is -2.32.